The van der Waals surface area contributed by atoms with E-state index in [1.165, 1.54) is 5.96 Å². The first-order valence-corrected chi connectivity index (χ1v) is 4.89. The van der Waals surface area contributed by atoms with E-state index in [2.05, 4.69) is 14.4 Å². The number of hydrogen-bond donors (Lipinski definition) is 1. The summed E-state index contributed by atoms with van der Waals surface area (Å²) in [4.78, 5) is 13.5. The Bertz CT molecular complexity index is 234. The van der Waals surface area contributed by atoms with E-state index in [-0.39, 0.29) is 0 Å². The normalized spacial score (nSPS) is 10.8. The Balaban J connectivity index is 0. The number of guanidine groups is 1. The van der Waals surface area contributed by atoms with Crippen molar-refractivity contribution in [2.75, 3.05) is 42.3 Å². The zero-order chi connectivity index (χ0) is 13.5. The second-order valence-corrected chi connectivity index (χ2v) is 3.98. The van der Waals surface area contributed by atoms with Crippen molar-refractivity contribution in [2.24, 2.45) is 0 Å². The van der Waals surface area contributed by atoms with Gasteiger partial charge in [-0.3, -0.25) is 14.4 Å². The van der Waals surface area contributed by atoms with Crippen LogP contribution < -0.4 is 5.11 Å². The van der Waals surface area contributed by atoms with Gasteiger partial charge in [-0.15, -0.1) is 0 Å². The third-order valence-electron chi connectivity index (χ3n) is 1.54. The van der Waals surface area contributed by atoms with Crippen LogP contribution in [0.3, 0.4) is 0 Å². The number of hydrogen-bond acceptors (Lipinski definition) is 3. The minimum atomic E-state index is -1.44. The van der Waals surface area contributed by atoms with E-state index >= 15 is 0 Å². The van der Waals surface area contributed by atoms with E-state index in [0.29, 0.717) is 0 Å². The van der Waals surface area contributed by atoms with Gasteiger partial charge in [-0.2, -0.15) is 0 Å². The number of carbonyl (C=O) groups excluding carboxylic acids is 1. The predicted molar refractivity (Wildman–Crippen MR) is 61.2 cm³/mol. The molecule has 0 aliphatic heterocycles. The van der Waals surface area contributed by atoms with Gasteiger partial charge >= 0.3 is 5.96 Å². The summed E-state index contributed by atoms with van der Waals surface area (Å²) in [6.07, 6.45) is -1.34. The third-order valence-corrected chi connectivity index (χ3v) is 1.54. The molecule has 0 aromatic carbocycles. The lowest BCUT2D eigenvalue weighted by Gasteiger charge is -2.16. The second kappa shape index (κ2) is 7.92. The number of nitrogens with zero attached hydrogens (tertiary/aromatic N) is 3. The largest absolute Gasteiger partial charge is 0.547 e. The van der Waals surface area contributed by atoms with Gasteiger partial charge in [0.25, 0.3) is 0 Å². The van der Waals surface area contributed by atoms with Crippen molar-refractivity contribution in [3.05, 3.63) is 0 Å². The Morgan fingerprint density at radius 2 is 1.44 bits per heavy atom. The summed E-state index contributed by atoms with van der Waals surface area (Å²) in [5.74, 6) is -0.241. The molecule has 0 aromatic heterocycles. The van der Waals surface area contributed by atoms with Crippen LogP contribution in [0.4, 0.5) is 0 Å². The van der Waals surface area contributed by atoms with Crippen LogP contribution in [-0.2, 0) is 4.79 Å². The quantitative estimate of drug-likeness (QED) is 0.318. The molecule has 1 unspecified atom stereocenters. The molecule has 0 heterocycles. The molecule has 0 amide bonds. The maximum absolute atomic E-state index is 9.34. The molecule has 6 heteroatoms. The van der Waals surface area contributed by atoms with Gasteiger partial charge in [-0.1, -0.05) is 0 Å². The summed E-state index contributed by atoms with van der Waals surface area (Å²) in [5, 5.41) is 17.3. The summed E-state index contributed by atoms with van der Waals surface area (Å²) in [7, 11) is 12.2. The number of carboxylic acid groups (broad SMARTS) is 1. The second-order valence-electron chi connectivity index (χ2n) is 3.98. The monoisotopic (exact) mass is 233 g/mol. The molecular weight excluding hydrogens is 210 g/mol. The fraction of sp³-hybridized carbons (Fsp3) is 0.800. The predicted octanol–water partition coefficient (Wildman–Crippen LogP) is -2.15. The molecule has 0 saturated carbocycles. The molecular formula is C10H23N3O3. The van der Waals surface area contributed by atoms with Crippen LogP contribution in [0.15, 0.2) is 0 Å². The van der Waals surface area contributed by atoms with Crippen LogP contribution in [0.1, 0.15) is 6.92 Å². The summed E-state index contributed by atoms with van der Waals surface area (Å²) >= 11 is 0. The smallest absolute Gasteiger partial charge is 0.349 e. The van der Waals surface area contributed by atoms with Crippen molar-refractivity contribution < 1.29 is 19.6 Å². The minimum absolute atomic E-state index is 1.13. The van der Waals surface area contributed by atoms with Crippen LogP contribution in [0.5, 0.6) is 0 Å². The molecule has 0 rings (SSSR count). The number of carbonyl (C=O) groups is 1. The topological polar surface area (TPSA) is 69.9 Å². The van der Waals surface area contributed by atoms with Gasteiger partial charge in [0.1, 0.15) is 0 Å². The Hall–Kier alpha value is -1.30. The summed E-state index contributed by atoms with van der Waals surface area (Å²) < 4.78 is 2.08. The Kier molecular flexibility index (Phi) is 8.47. The van der Waals surface area contributed by atoms with Crippen molar-refractivity contribution >= 4 is 11.9 Å². The molecule has 0 saturated heterocycles. The fourth-order valence-corrected chi connectivity index (χ4v) is 1.20. The Morgan fingerprint density at radius 3 is 1.44 bits per heavy atom. The molecule has 0 spiro atoms. The lowest BCUT2D eigenvalue weighted by molar-refractivity contribution is -0.475. The lowest BCUT2D eigenvalue weighted by Crippen LogP contribution is -2.40. The number of carboxylic acids is 1. The first kappa shape index (κ1) is 17.1. The van der Waals surface area contributed by atoms with Crippen molar-refractivity contribution in [1.29, 1.82) is 0 Å². The van der Waals surface area contributed by atoms with E-state index in [9.17, 15) is 9.90 Å². The van der Waals surface area contributed by atoms with Crippen LogP contribution in [0.2, 0.25) is 0 Å². The van der Waals surface area contributed by atoms with Crippen LogP contribution in [0, 0.1) is 0 Å². The standard InChI is InChI=1S/C7H18N3.C3H6O3/c1-8(2)7(9(3)4)10(5)6;1-2(4)3(5)6/h1-6H3;2,4H,1H3,(H,5,6)/q+1;/p-1. The third kappa shape index (κ3) is 8.05. The lowest BCUT2D eigenvalue weighted by atomic mass is 10.4. The molecule has 6 nitrogen and oxygen atoms in total. The molecule has 0 fully saturated rings. The molecule has 0 aliphatic carbocycles. The highest BCUT2D eigenvalue weighted by molar-refractivity contribution is 5.73. The highest BCUT2D eigenvalue weighted by Gasteiger charge is 2.12. The van der Waals surface area contributed by atoms with E-state index in [1.54, 1.807) is 0 Å². The molecule has 0 radical (unpaired) electrons. The Morgan fingerprint density at radius 1 is 1.19 bits per heavy atom. The fourth-order valence-electron chi connectivity index (χ4n) is 1.20. The van der Waals surface area contributed by atoms with Crippen LogP contribution >= 0.6 is 0 Å². The summed E-state index contributed by atoms with van der Waals surface area (Å²) in [6.45, 7) is 1.13. The van der Waals surface area contributed by atoms with Gasteiger partial charge in [-0.25, -0.2) is 0 Å². The van der Waals surface area contributed by atoms with Crippen LogP contribution in [-0.4, -0.2) is 79.8 Å². The number of aliphatic hydroxyl groups excluding tert-OH is 1. The SMILES string of the molecule is CC(O)C(=O)[O-].CN(C)C(N(C)C)=[N+](C)C. The minimum Gasteiger partial charge on any atom is -0.547 e. The van der Waals surface area contributed by atoms with Gasteiger partial charge in [-0.05, 0) is 6.92 Å². The average Bonchev–Trinajstić information content (AvgIpc) is 2.01. The van der Waals surface area contributed by atoms with E-state index < -0.39 is 12.1 Å². The molecule has 0 bridgehead atoms. The van der Waals surface area contributed by atoms with Gasteiger partial charge in [0.2, 0.25) is 0 Å². The highest BCUT2D eigenvalue weighted by Crippen LogP contribution is 1.84. The maximum atomic E-state index is 9.34. The molecule has 1 atom stereocenters. The van der Waals surface area contributed by atoms with Crippen molar-refractivity contribution in [3.8, 4) is 0 Å². The zero-order valence-corrected chi connectivity index (χ0v) is 11.2. The zero-order valence-electron chi connectivity index (χ0n) is 11.2. The van der Waals surface area contributed by atoms with E-state index in [1.807, 2.05) is 42.3 Å². The van der Waals surface area contributed by atoms with Gasteiger partial charge in [0, 0.05) is 0 Å². The number of aliphatic hydroxyl groups is 1. The first-order valence-electron chi connectivity index (χ1n) is 4.89. The van der Waals surface area contributed by atoms with E-state index in [0.717, 1.165) is 6.92 Å². The van der Waals surface area contributed by atoms with Crippen molar-refractivity contribution in [2.45, 2.75) is 13.0 Å². The number of aliphatic carboxylic acids is 1. The first-order chi connectivity index (χ1) is 7.11. The maximum Gasteiger partial charge on any atom is 0.349 e. The molecule has 1 N–H and O–H groups in total. The van der Waals surface area contributed by atoms with Gasteiger partial charge < -0.3 is 15.0 Å². The summed E-state index contributed by atoms with van der Waals surface area (Å²) in [6, 6.07) is 0. The van der Waals surface area contributed by atoms with Crippen molar-refractivity contribution in [1.82, 2.24) is 9.80 Å². The average molecular weight is 233 g/mol. The van der Waals surface area contributed by atoms with E-state index in [4.69, 9.17) is 5.11 Å². The van der Waals surface area contributed by atoms with Crippen molar-refractivity contribution in [3.63, 3.8) is 0 Å². The van der Waals surface area contributed by atoms with Gasteiger partial charge in [0.05, 0.1) is 54.4 Å². The molecule has 16 heavy (non-hydrogen) atoms. The van der Waals surface area contributed by atoms with Crippen LogP contribution in [0.25, 0.3) is 0 Å². The number of rotatable bonds is 1. The molecule has 0 aliphatic rings. The molecule has 0 aromatic rings. The molecule has 96 valence electrons. The Labute approximate surface area is 97.4 Å². The summed E-state index contributed by atoms with van der Waals surface area (Å²) in [5.41, 5.74) is 0. The van der Waals surface area contributed by atoms with Gasteiger partial charge in [0.15, 0.2) is 0 Å². The highest BCUT2D eigenvalue weighted by atomic mass is 16.4.